The van der Waals surface area contributed by atoms with Crippen LogP contribution in [-0.4, -0.2) is 48.7 Å². The van der Waals surface area contributed by atoms with Gasteiger partial charge < -0.3 is 15.3 Å². The van der Waals surface area contributed by atoms with Gasteiger partial charge in [-0.3, -0.25) is 4.79 Å². The second-order valence-corrected chi connectivity index (χ2v) is 6.05. The van der Waals surface area contributed by atoms with Crippen LogP contribution in [0.2, 0.25) is 0 Å². The molecule has 1 fully saturated rings. The lowest BCUT2D eigenvalue weighted by Crippen LogP contribution is -2.44. The van der Waals surface area contributed by atoms with E-state index in [0.717, 1.165) is 17.8 Å². The Bertz CT molecular complexity index is 515. The summed E-state index contributed by atoms with van der Waals surface area (Å²) in [6.45, 7) is 1.65. The van der Waals surface area contributed by atoms with Crippen molar-refractivity contribution in [1.29, 1.82) is 0 Å². The van der Waals surface area contributed by atoms with E-state index in [9.17, 15) is 4.79 Å². The normalized spacial score (nSPS) is 19.2. The van der Waals surface area contributed by atoms with Crippen molar-refractivity contribution in [2.24, 2.45) is 0 Å². The molecule has 4 nitrogen and oxygen atoms in total. The van der Waals surface area contributed by atoms with Crippen molar-refractivity contribution in [3.05, 3.63) is 21.9 Å². The number of likely N-dealkylation sites (N-methyl/N-ethyl adjacent to an activating group) is 1. The van der Waals surface area contributed by atoms with E-state index in [1.54, 1.807) is 6.07 Å². The zero-order valence-electron chi connectivity index (χ0n) is 11.7. The molecule has 2 N–H and O–H groups in total. The molecule has 5 heteroatoms. The minimum atomic E-state index is -0.159. The van der Waals surface area contributed by atoms with E-state index in [2.05, 4.69) is 29.1 Å². The number of rotatable bonds is 3. The van der Waals surface area contributed by atoms with Crippen LogP contribution in [0.3, 0.4) is 0 Å². The molecule has 0 aliphatic carbocycles. The van der Waals surface area contributed by atoms with E-state index in [4.69, 9.17) is 5.11 Å². The van der Waals surface area contributed by atoms with Gasteiger partial charge in [0.05, 0.1) is 9.75 Å². The molecule has 1 aliphatic heterocycles. The summed E-state index contributed by atoms with van der Waals surface area (Å²) < 4.78 is 0. The molecule has 1 aliphatic rings. The Morgan fingerprint density at radius 3 is 3.15 bits per heavy atom. The van der Waals surface area contributed by atoms with E-state index < -0.39 is 0 Å². The van der Waals surface area contributed by atoms with Gasteiger partial charge in [0.25, 0.3) is 5.91 Å². The first-order valence-electron chi connectivity index (χ1n) is 6.88. The maximum atomic E-state index is 12.1. The molecule has 1 saturated heterocycles. The average molecular weight is 292 g/mol. The number of hydrogen-bond acceptors (Lipinski definition) is 4. The standard InChI is InChI=1S/C15H20N2O2S/c1-17-9-3-2-5-12(17)11-16-15(19)14-8-7-13(20-14)6-4-10-18/h7-8,12,18H,2-3,5,9-11H2,1H3,(H,16,19). The molecule has 2 rings (SSSR count). The number of nitrogens with one attached hydrogen (secondary N) is 1. The van der Waals surface area contributed by atoms with Crippen LogP contribution in [0, 0.1) is 11.8 Å². The number of carbonyl (C=O) groups excluding carboxylic acids is 1. The van der Waals surface area contributed by atoms with Crippen molar-refractivity contribution >= 4 is 17.2 Å². The predicted molar refractivity (Wildman–Crippen MR) is 80.9 cm³/mol. The minimum Gasteiger partial charge on any atom is -0.384 e. The fraction of sp³-hybridized carbons (Fsp3) is 0.533. The molecule has 2 heterocycles. The molecule has 1 atom stereocenters. The van der Waals surface area contributed by atoms with E-state index in [-0.39, 0.29) is 12.5 Å². The van der Waals surface area contributed by atoms with Crippen LogP contribution in [0.1, 0.15) is 33.8 Å². The molecular weight excluding hydrogens is 272 g/mol. The first kappa shape index (κ1) is 15.0. The van der Waals surface area contributed by atoms with Crippen LogP contribution >= 0.6 is 11.3 Å². The van der Waals surface area contributed by atoms with Gasteiger partial charge in [0, 0.05) is 12.6 Å². The zero-order valence-corrected chi connectivity index (χ0v) is 12.5. The number of piperidine rings is 1. The summed E-state index contributed by atoms with van der Waals surface area (Å²) in [7, 11) is 2.11. The van der Waals surface area contributed by atoms with Crippen LogP contribution in [0.25, 0.3) is 0 Å². The first-order chi connectivity index (χ1) is 9.70. The minimum absolute atomic E-state index is 0.0361. The Morgan fingerprint density at radius 2 is 2.40 bits per heavy atom. The predicted octanol–water partition coefficient (Wildman–Crippen LogP) is 1.31. The number of hydrogen-bond donors (Lipinski definition) is 2. The largest absolute Gasteiger partial charge is 0.384 e. The smallest absolute Gasteiger partial charge is 0.261 e. The summed E-state index contributed by atoms with van der Waals surface area (Å²) >= 11 is 1.36. The molecule has 1 unspecified atom stereocenters. The Labute approximate surface area is 123 Å². The molecule has 1 aromatic rings. The van der Waals surface area contributed by atoms with Gasteiger partial charge in [-0.1, -0.05) is 18.3 Å². The van der Waals surface area contributed by atoms with Gasteiger partial charge in [-0.25, -0.2) is 0 Å². The third-order valence-corrected chi connectivity index (χ3v) is 4.54. The lowest BCUT2D eigenvalue weighted by atomic mass is 10.0. The van der Waals surface area contributed by atoms with Crippen LogP contribution in [-0.2, 0) is 0 Å². The maximum absolute atomic E-state index is 12.1. The van der Waals surface area contributed by atoms with Gasteiger partial charge in [-0.2, -0.15) is 0 Å². The lowest BCUT2D eigenvalue weighted by molar-refractivity contribution is 0.0932. The van der Waals surface area contributed by atoms with E-state index in [0.29, 0.717) is 17.5 Å². The quantitative estimate of drug-likeness (QED) is 0.826. The molecule has 20 heavy (non-hydrogen) atoms. The number of carbonyl (C=O) groups is 1. The maximum Gasteiger partial charge on any atom is 0.261 e. The molecule has 0 aromatic carbocycles. The molecule has 0 bridgehead atoms. The Morgan fingerprint density at radius 1 is 1.55 bits per heavy atom. The summed E-state index contributed by atoms with van der Waals surface area (Å²) in [6.07, 6.45) is 3.64. The molecule has 1 aromatic heterocycles. The second kappa shape index (κ2) is 7.44. The molecule has 0 saturated carbocycles. The van der Waals surface area contributed by atoms with Crippen LogP contribution in [0.4, 0.5) is 0 Å². The van der Waals surface area contributed by atoms with Crippen LogP contribution in [0.5, 0.6) is 0 Å². The molecule has 1 amide bonds. The SMILES string of the molecule is CN1CCCCC1CNC(=O)c1ccc(C#CCO)s1. The van der Waals surface area contributed by atoms with Crippen molar-refractivity contribution < 1.29 is 9.90 Å². The van der Waals surface area contributed by atoms with Gasteiger partial charge in [0.15, 0.2) is 0 Å². The molecule has 0 spiro atoms. The van der Waals surface area contributed by atoms with Gasteiger partial charge in [-0.05, 0) is 38.6 Å². The van der Waals surface area contributed by atoms with Crippen LogP contribution in [0.15, 0.2) is 12.1 Å². The third-order valence-electron chi connectivity index (χ3n) is 3.54. The topological polar surface area (TPSA) is 52.6 Å². The van der Waals surface area contributed by atoms with Crippen molar-refractivity contribution in [1.82, 2.24) is 10.2 Å². The van der Waals surface area contributed by atoms with Crippen LogP contribution < -0.4 is 5.32 Å². The van der Waals surface area contributed by atoms with Crippen molar-refractivity contribution in [3.8, 4) is 11.8 Å². The van der Waals surface area contributed by atoms with E-state index >= 15 is 0 Å². The van der Waals surface area contributed by atoms with Crippen molar-refractivity contribution in [2.75, 3.05) is 26.7 Å². The fourth-order valence-electron chi connectivity index (χ4n) is 2.35. The highest BCUT2D eigenvalue weighted by molar-refractivity contribution is 7.14. The Balaban J connectivity index is 1.86. The monoisotopic (exact) mass is 292 g/mol. The highest BCUT2D eigenvalue weighted by Gasteiger charge is 2.19. The summed E-state index contributed by atoms with van der Waals surface area (Å²) in [5.74, 6) is 5.36. The number of nitrogens with zero attached hydrogens (tertiary/aromatic N) is 1. The first-order valence-corrected chi connectivity index (χ1v) is 7.70. The van der Waals surface area contributed by atoms with Gasteiger partial charge in [0.1, 0.15) is 6.61 Å². The Kier molecular flexibility index (Phi) is 5.60. The lowest BCUT2D eigenvalue weighted by Gasteiger charge is -2.32. The third kappa shape index (κ3) is 4.07. The summed E-state index contributed by atoms with van der Waals surface area (Å²) in [5.41, 5.74) is 0. The molecule has 0 radical (unpaired) electrons. The number of aliphatic hydroxyl groups is 1. The van der Waals surface area contributed by atoms with E-state index in [1.807, 2.05) is 6.07 Å². The van der Waals surface area contributed by atoms with Gasteiger partial charge in [-0.15, -0.1) is 11.3 Å². The number of amides is 1. The molecule has 108 valence electrons. The zero-order chi connectivity index (χ0) is 14.4. The highest BCUT2D eigenvalue weighted by Crippen LogP contribution is 2.17. The summed E-state index contributed by atoms with van der Waals surface area (Å²) in [4.78, 5) is 15.9. The number of thiophene rings is 1. The van der Waals surface area contributed by atoms with Gasteiger partial charge in [0.2, 0.25) is 0 Å². The highest BCUT2D eigenvalue weighted by atomic mass is 32.1. The summed E-state index contributed by atoms with van der Waals surface area (Å²) in [6, 6.07) is 4.04. The Hall–Kier alpha value is -1.35. The molecular formula is C15H20N2O2S. The van der Waals surface area contributed by atoms with Crippen molar-refractivity contribution in [3.63, 3.8) is 0 Å². The fourth-order valence-corrected chi connectivity index (χ4v) is 3.15. The second-order valence-electron chi connectivity index (χ2n) is 4.96. The number of aliphatic hydroxyl groups excluding tert-OH is 1. The average Bonchev–Trinajstić information content (AvgIpc) is 2.93. The number of likely N-dealkylation sites (tertiary alicyclic amines) is 1. The van der Waals surface area contributed by atoms with Crippen molar-refractivity contribution in [2.45, 2.75) is 25.3 Å². The van der Waals surface area contributed by atoms with E-state index in [1.165, 1.54) is 24.2 Å². The van der Waals surface area contributed by atoms with Gasteiger partial charge >= 0.3 is 0 Å². The summed E-state index contributed by atoms with van der Waals surface area (Å²) in [5, 5.41) is 11.6.